The summed E-state index contributed by atoms with van der Waals surface area (Å²) >= 11 is 5.75. The van der Waals surface area contributed by atoms with E-state index in [0.717, 1.165) is 0 Å². The first-order chi connectivity index (χ1) is 10.1. The summed E-state index contributed by atoms with van der Waals surface area (Å²) in [7, 11) is 0. The number of carbonyl (C=O) groups is 1. The number of hydrogen-bond donors (Lipinski definition) is 2. The van der Waals surface area contributed by atoms with Crippen molar-refractivity contribution in [2.45, 2.75) is 6.54 Å². The number of rotatable bonds is 5. The van der Waals surface area contributed by atoms with Crippen LogP contribution in [0, 0.1) is 5.82 Å². The lowest BCUT2D eigenvalue weighted by atomic mass is 10.2. The first-order valence-corrected chi connectivity index (χ1v) is 6.63. The van der Waals surface area contributed by atoms with Gasteiger partial charge in [0.15, 0.2) is 18.2 Å². The van der Waals surface area contributed by atoms with Gasteiger partial charge in [0.2, 0.25) is 0 Å². The zero-order valence-corrected chi connectivity index (χ0v) is 11.9. The van der Waals surface area contributed by atoms with Gasteiger partial charge in [-0.2, -0.15) is 0 Å². The SMILES string of the molecule is NCc1cccc(F)c1OCC(=O)Nc1ccc(Cl)cc1. The predicted octanol–water partition coefficient (Wildman–Crippen LogP) is 2.96. The van der Waals surface area contributed by atoms with Crippen molar-refractivity contribution in [3.63, 3.8) is 0 Å². The maximum atomic E-state index is 13.6. The number of ether oxygens (including phenoxy) is 1. The predicted molar refractivity (Wildman–Crippen MR) is 79.9 cm³/mol. The molecule has 0 unspecified atom stereocenters. The molecule has 0 aromatic heterocycles. The number of nitrogens with one attached hydrogen (secondary N) is 1. The van der Waals surface area contributed by atoms with E-state index in [1.165, 1.54) is 12.1 Å². The second-order valence-corrected chi connectivity index (χ2v) is 4.71. The lowest BCUT2D eigenvalue weighted by molar-refractivity contribution is -0.118. The molecule has 0 fully saturated rings. The second kappa shape index (κ2) is 7.06. The highest BCUT2D eigenvalue weighted by Crippen LogP contribution is 2.22. The van der Waals surface area contributed by atoms with Crippen molar-refractivity contribution in [3.8, 4) is 5.75 Å². The molecule has 1 amide bonds. The van der Waals surface area contributed by atoms with Crippen molar-refractivity contribution >= 4 is 23.2 Å². The first kappa shape index (κ1) is 15.3. The van der Waals surface area contributed by atoms with Gasteiger partial charge in [-0.15, -0.1) is 0 Å². The molecule has 21 heavy (non-hydrogen) atoms. The lowest BCUT2D eigenvalue weighted by Crippen LogP contribution is -2.21. The summed E-state index contributed by atoms with van der Waals surface area (Å²) < 4.78 is 18.9. The Balaban J connectivity index is 1.97. The zero-order chi connectivity index (χ0) is 15.2. The molecule has 2 aromatic carbocycles. The lowest BCUT2D eigenvalue weighted by Gasteiger charge is -2.11. The number of halogens is 2. The molecule has 2 rings (SSSR count). The van der Waals surface area contributed by atoms with Gasteiger partial charge >= 0.3 is 0 Å². The molecule has 4 nitrogen and oxygen atoms in total. The third kappa shape index (κ3) is 4.18. The fourth-order valence-corrected chi connectivity index (χ4v) is 1.87. The number of hydrogen-bond acceptors (Lipinski definition) is 3. The Bertz CT molecular complexity index is 632. The van der Waals surface area contributed by atoms with E-state index in [2.05, 4.69) is 5.32 Å². The Morgan fingerprint density at radius 3 is 2.62 bits per heavy atom. The number of benzene rings is 2. The summed E-state index contributed by atoms with van der Waals surface area (Å²) in [4.78, 5) is 11.8. The third-order valence-corrected chi connectivity index (χ3v) is 3.00. The van der Waals surface area contributed by atoms with Gasteiger partial charge in [-0.05, 0) is 30.3 Å². The summed E-state index contributed by atoms with van der Waals surface area (Å²) in [5, 5.41) is 3.19. The molecular weight excluding hydrogens is 295 g/mol. The fourth-order valence-electron chi connectivity index (χ4n) is 1.74. The molecule has 0 atom stereocenters. The molecule has 0 heterocycles. The number of anilines is 1. The van der Waals surface area contributed by atoms with Crippen molar-refractivity contribution in [3.05, 3.63) is 58.9 Å². The summed E-state index contributed by atoms with van der Waals surface area (Å²) in [5.41, 5.74) is 6.60. The molecule has 0 bridgehead atoms. The van der Waals surface area contributed by atoms with Crippen LogP contribution in [0.4, 0.5) is 10.1 Å². The second-order valence-electron chi connectivity index (χ2n) is 4.28. The number of carbonyl (C=O) groups excluding carboxylic acids is 1. The van der Waals surface area contributed by atoms with Gasteiger partial charge in [0.05, 0.1) is 0 Å². The standard InChI is InChI=1S/C15H14ClFN2O2/c16-11-4-6-12(7-5-11)19-14(20)9-21-15-10(8-18)2-1-3-13(15)17/h1-7H,8-9,18H2,(H,19,20). The smallest absolute Gasteiger partial charge is 0.262 e. The summed E-state index contributed by atoms with van der Waals surface area (Å²) in [6.07, 6.45) is 0. The summed E-state index contributed by atoms with van der Waals surface area (Å²) in [5.74, 6) is -0.938. The molecule has 2 aromatic rings. The average molecular weight is 309 g/mol. The van der Waals surface area contributed by atoms with Gasteiger partial charge in [-0.25, -0.2) is 4.39 Å². The van der Waals surface area contributed by atoms with Gasteiger partial charge in [0.25, 0.3) is 5.91 Å². The number of amides is 1. The summed E-state index contributed by atoms with van der Waals surface area (Å²) in [6, 6.07) is 11.1. The van der Waals surface area contributed by atoms with E-state index in [0.29, 0.717) is 16.3 Å². The largest absolute Gasteiger partial charge is 0.480 e. The third-order valence-electron chi connectivity index (χ3n) is 2.74. The van der Waals surface area contributed by atoms with Crippen molar-refractivity contribution in [1.82, 2.24) is 0 Å². The maximum absolute atomic E-state index is 13.6. The minimum atomic E-state index is -0.544. The van der Waals surface area contributed by atoms with Crippen LogP contribution in [0.15, 0.2) is 42.5 Å². The molecule has 0 radical (unpaired) electrons. The highest BCUT2D eigenvalue weighted by molar-refractivity contribution is 6.30. The van der Waals surface area contributed by atoms with Gasteiger partial charge in [0.1, 0.15) is 0 Å². The molecule has 110 valence electrons. The van der Waals surface area contributed by atoms with E-state index in [1.54, 1.807) is 30.3 Å². The Labute approximate surface area is 126 Å². The molecule has 3 N–H and O–H groups in total. The van der Waals surface area contributed by atoms with Crippen molar-refractivity contribution in [2.24, 2.45) is 5.73 Å². The molecule has 0 aliphatic heterocycles. The maximum Gasteiger partial charge on any atom is 0.262 e. The van der Waals surface area contributed by atoms with Crippen LogP contribution in [0.25, 0.3) is 0 Å². The normalized spacial score (nSPS) is 10.2. The Hall–Kier alpha value is -2.11. The minimum Gasteiger partial charge on any atom is -0.480 e. The Morgan fingerprint density at radius 1 is 1.24 bits per heavy atom. The van der Waals surface area contributed by atoms with Gasteiger partial charge in [-0.3, -0.25) is 4.79 Å². The topological polar surface area (TPSA) is 64.3 Å². The first-order valence-electron chi connectivity index (χ1n) is 6.26. The van der Waals surface area contributed by atoms with Gasteiger partial charge in [-0.1, -0.05) is 23.7 Å². The van der Waals surface area contributed by atoms with E-state index in [4.69, 9.17) is 22.1 Å². The molecule has 0 aliphatic rings. The zero-order valence-electron chi connectivity index (χ0n) is 11.1. The van der Waals surface area contributed by atoms with Crippen molar-refractivity contribution < 1.29 is 13.9 Å². The van der Waals surface area contributed by atoms with Crippen LogP contribution in [-0.4, -0.2) is 12.5 Å². The Morgan fingerprint density at radius 2 is 1.95 bits per heavy atom. The molecule has 0 saturated carbocycles. The van der Waals surface area contributed by atoms with E-state index in [1.807, 2.05) is 0 Å². The van der Waals surface area contributed by atoms with Crippen LogP contribution in [0.2, 0.25) is 5.02 Å². The highest BCUT2D eigenvalue weighted by Gasteiger charge is 2.11. The molecule has 0 spiro atoms. The minimum absolute atomic E-state index is 0.00579. The quantitative estimate of drug-likeness (QED) is 0.892. The van der Waals surface area contributed by atoms with E-state index in [-0.39, 0.29) is 18.9 Å². The highest BCUT2D eigenvalue weighted by atomic mass is 35.5. The van der Waals surface area contributed by atoms with Crippen LogP contribution in [-0.2, 0) is 11.3 Å². The molecule has 0 saturated heterocycles. The van der Waals surface area contributed by atoms with Crippen LogP contribution >= 0.6 is 11.6 Å². The fraction of sp³-hybridized carbons (Fsp3) is 0.133. The van der Waals surface area contributed by atoms with Crippen LogP contribution in [0.3, 0.4) is 0 Å². The monoisotopic (exact) mass is 308 g/mol. The molecule has 6 heteroatoms. The van der Waals surface area contributed by atoms with Crippen LogP contribution < -0.4 is 15.8 Å². The average Bonchev–Trinajstić information content (AvgIpc) is 2.48. The van der Waals surface area contributed by atoms with Gasteiger partial charge in [0, 0.05) is 22.8 Å². The van der Waals surface area contributed by atoms with E-state index < -0.39 is 11.7 Å². The van der Waals surface area contributed by atoms with Crippen LogP contribution in [0.1, 0.15) is 5.56 Å². The van der Waals surface area contributed by atoms with E-state index in [9.17, 15) is 9.18 Å². The van der Waals surface area contributed by atoms with Gasteiger partial charge < -0.3 is 15.8 Å². The van der Waals surface area contributed by atoms with Crippen molar-refractivity contribution in [2.75, 3.05) is 11.9 Å². The number of nitrogens with two attached hydrogens (primary N) is 1. The molecular formula is C15H14ClFN2O2. The van der Waals surface area contributed by atoms with Crippen molar-refractivity contribution in [1.29, 1.82) is 0 Å². The molecule has 0 aliphatic carbocycles. The van der Waals surface area contributed by atoms with E-state index >= 15 is 0 Å². The summed E-state index contributed by atoms with van der Waals surface area (Å²) in [6.45, 7) is -0.178. The number of para-hydroxylation sites is 1. The Kier molecular flexibility index (Phi) is 5.14. The van der Waals surface area contributed by atoms with Crippen LogP contribution in [0.5, 0.6) is 5.75 Å².